The van der Waals surface area contributed by atoms with E-state index in [-0.39, 0.29) is 17.6 Å². The molecule has 1 fully saturated rings. The molecule has 2 N–H and O–H groups in total. The third-order valence-electron chi connectivity index (χ3n) is 6.05. The van der Waals surface area contributed by atoms with Crippen LogP contribution in [0.4, 0.5) is 0 Å². The van der Waals surface area contributed by atoms with Gasteiger partial charge in [-0.1, -0.05) is 73.1 Å². The SMILES string of the molecule is COc1ccc(C2CC(C(C)(C)C)NC3C(Br)=C(c4ccccc4)NN32)cc1OC. The van der Waals surface area contributed by atoms with Crippen molar-refractivity contribution in [3.63, 3.8) is 0 Å². The number of ether oxygens (including phenoxy) is 2. The first kappa shape index (κ1) is 21.2. The molecule has 160 valence electrons. The molecule has 0 amide bonds. The van der Waals surface area contributed by atoms with Gasteiger partial charge in [0.25, 0.3) is 0 Å². The van der Waals surface area contributed by atoms with E-state index in [1.54, 1.807) is 14.2 Å². The number of nitrogens with zero attached hydrogens (tertiary/aromatic N) is 1. The highest BCUT2D eigenvalue weighted by atomic mass is 79.9. The molecule has 2 aliphatic rings. The summed E-state index contributed by atoms with van der Waals surface area (Å²) in [6.45, 7) is 6.89. The van der Waals surface area contributed by atoms with Crippen LogP contribution in [0.25, 0.3) is 5.70 Å². The minimum absolute atomic E-state index is 0.0521. The van der Waals surface area contributed by atoms with Crippen molar-refractivity contribution in [3.8, 4) is 11.5 Å². The molecule has 0 spiro atoms. The van der Waals surface area contributed by atoms with E-state index in [0.717, 1.165) is 28.1 Å². The molecule has 5 nitrogen and oxygen atoms in total. The lowest BCUT2D eigenvalue weighted by molar-refractivity contribution is 0.0230. The lowest BCUT2D eigenvalue weighted by Crippen LogP contribution is -2.60. The maximum atomic E-state index is 5.59. The number of benzene rings is 2. The standard InChI is InChI=1S/C24H30BrN3O2/c1-24(2,3)20-14-17(16-11-12-18(29-4)19(13-16)30-5)28-23(26-20)21(25)22(27-28)15-9-7-6-8-10-15/h6-13,17,20,23,26-27H,14H2,1-5H3. The molecule has 1 saturated heterocycles. The van der Waals surface area contributed by atoms with Crippen LogP contribution in [0.5, 0.6) is 11.5 Å². The van der Waals surface area contributed by atoms with Gasteiger partial charge in [-0.2, -0.15) is 5.01 Å². The summed E-state index contributed by atoms with van der Waals surface area (Å²) in [5.74, 6) is 1.50. The molecule has 2 aliphatic heterocycles. The topological polar surface area (TPSA) is 45.8 Å². The first-order valence-corrected chi connectivity index (χ1v) is 11.1. The predicted molar refractivity (Wildman–Crippen MR) is 124 cm³/mol. The average Bonchev–Trinajstić information content (AvgIpc) is 3.09. The molecule has 3 unspecified atom stereocenters. The van der Waals surface area contributed by atoms with Gasteiger partial charge in [0.2, 0.25) is 0 Å². The number of rotatable bonds is 4. The summed E-state index contributed by atoms with van der Waals surface area (Å²) in [7, 11) is 3.35. The Morgan fingerprint density at radius 1 is 1.00 bits per heavy atom. The molecular formula is C24H30BrN3O2. The molecule has 0 aromatic heterocycles. The van der Waals surface area contributed by atoms with Crippen LogP contribution in [-0.4, -0.2) is 31.4 Å². The number of halogens is 1. The zero-order chi connectivity index (χ0) is 21.5. The number of hydrogen-bond acceptors (Lipinski definition) is 5. The Bertz CT molecular complexity index is 939. The number of hydrazine groups is 1. The van der Waals surface area contributed by atoms with Crippen LogP contribution in [0.1, 0.15) is 44.4 Å². The van der Waals surface area contributed by atoms with Crippen molar-refractivity contribution < 1.29 is 9.47 Å². The van der Waals surface area contributed by atoms with Gasteiger partial charge in [0.1, 0.15) is 6.17 Å². The Kier molecular flexibility index (Phi) is 5.84. The summed E-state index contributed by atoms with van der Waals surface area (Å²) < 4.78 is 12.2. The summed E-state index contributed by atoms with van der Waals surface area (Å²) in [5, 5.41) is 6.17. The molecule has 6 heteroatoms. The van der Waals surface area contributed by atoms with E-state index in [2.05, 4.69) is 88.9 Å². The molecule has 0 saturated carbocycles. The van der Waals surface area contributed by atoms with E-state index in [0.29, 0.717) is 6.04 Å². The Balaban J connectivity index is 1.74. The third kappa shape index (κ3) is 3.84. The summed E-state index contributed by atoms with van der Waals surface area (Å²) in [6, 6.07) is 17.2. The van der Waals surface area contributed by atoms with Gasteiger partial charge in [-0.25, -0.2) is 0 Å². The third-order valence-corrected chi connectivity index (χ3v) is 6.88. The van der Waals surface area contributed by atoms with Crippen LogP contribution >= 0.6 is 15.9 Å². The Morgan fingerprint density at radius 2 is 1.70 bits per heavy atom. The van der Waals surface area contributed by atoms with Gasteiger partial charge in [-0.3, -0.25) is 5.32 Å². The van der Waals surface area contributed by atoms with Gasteiger partial charge >= 0.3 is 0 Å². The fraction of sp³-hybridized carbons (Fsp3) is 0.417. The van der Waals surface area contributed by atoms with Gasteiger partial charge in [-0.15, -0.1) is 0 Å². The van der Waals surface area contributed by atoms with E-state index >= 15 is 0 Å². The largest absolute Gasteiger partial charge is 0.493 e. The lowest BCUT2D eigenvalue weighted by atomic mass is 9.80. The molecule has 2 aromatic rings. The van der Waals surface area contributed by atoms with Gasteiger partial charge in [0.05, 0.1) is 30.4 Å². The Hall–Kier alpha value is -2.02. The normalized spacial score (nSPS) is 24.4. The summed E-state index contributed by atoms with van der Waals surface area (Å²) in [6.07, 6.45) is 1.03. The van der Waals surface area contributed by atoms with Gasteiger partial charge < -0.3 is 14.9 Å². The van der Waals surface area contributed by atoms with E-state index in [9.17, 15) is 0 Å². The summed E-state index contributed by atoms with van der Waals surface area (Å²) >= 11 is 3.90. The number of methoxy groups -OCH3 is 2. The van der Waals surface area contributed by atoms with Crippen LogP contribution in [0.2, 0.25) is 0 Å². The van der Waals surface area contributed by atoms with Crippen LogP contribution in [0.3, 0.4) is 0 Å². The quantitative estimate of drug-likeness (QED) is 0.651. The van der Waals surface area contributed by atoms with Crippen molar-refractivity contribution in [2.45, 2.75) is 45.4 Å². The molecule has 0 bridgehead atoms. The highest BCUT2D eigenvalue weighted by Crippen LogP contribution is 2.44. The van der Waals surface area contributed by atoms with Crippen molar-refractivity contribution in [1.29, 1.82) is 0 Å². The lowest BCUT2D eigenvalue weighted by Gasteiger charge is -2.47. The Labute approximate surface area is 187 Å². The van der Waals surface area contributed by atoms with Crippen LogP contribution in [0, 0.1) is 5.41 Å². The van der Waals surface area contributed by atoms with Crippen LogP contribution in [0.15, 0.2) is 53.0 Å². The van der Waals surface area contributed by atoms with E-state index in [1.807, 2.05) is 12.1 Å². The minimum atomic E-state index is 0.0521. The van der Waals surface area contributed by atoms with E-state index in [4.69, 9.17) is 9.47 Å². The molecular weight excluding hydrogens is 442 g/mol. The number of nitrogens with one attached hydrogen (secondary N) is 2. The van der Waals surface area contributed by atoms with E-state index < -0.39 is 0 Å². The van der Waals surface area contributed by atoms with Crippen molar-refractivity contribution in [2.24, 2.45) is 5.41 Å². The first-order chi connectivity index (χ1) is 14.3. The zero-order valence-corrected chi connectivity index (χ0v) is 19.8. The van der Waals surface area contributed by atoms with Gasteiger partial charge in [0, 0.05) is 6.04 Å². The van der Waals surface area contributed by atoms with Crippen molar-refractivity contribution >= 4 is 21.6 Å². The second-order valence-electron chi connectivity index (χ2n) is 8.96. The van der Waals surface area contributed by atoms with Gasteiger partial charge in [0.15, 0.2) is 11.5 Å². The van der Waals surface area contributed by atoms with Crippen LogP contribution < -0.4 is 20.2 Å². The average molecular weight is 472 g/mol. The fourth-order valence-electron chi connectivity index (χ4n) is 4.28. The highest BCUT2D eigenvalue weighted by molar-refractivity contribution is 9.11. The molecule has 0 radical (unpaired) electrons. The predicted octanol–water partition coefficient (Wildman–Crippen LogP) is 5.06. The Morgan fingerprint density at radius 3 is 2.33 bits per heavy atom. The maximum Gasteiger partial charge on any atom is 0.161 e. The molecule has 0 aliphatic carbocycles. The molecule has 2 heterocycles. The zero-order valence-electron chi connectivity index (χ0n) is 18.2. The second kappa shape index (κ2) is 8.25. The van der Waals surface area contributed by atoms with Crippen molar-refractivity contribution in [2.75, 3.05) is 14.2 Å². The second-order valence-corrected chi connectivity index (χ2v) is 9.82. The van der Waals surface area contributed by atoms with Crippen molar-refractivity contribution in [1.82, 2.24) is 15.8 Å². The monoisotopic (exact) mass is 471 g/mol. The summed E-state index contributed by atoms with van der Waals surface area (Å²) in [4.78, 5) is 0. The molecule has 30 heavy (non-hydrogen) atoms. The van der Waals surface area contributed by atoms with Gasteiger partial charge in [-0.05, 0) is 35.1 Å². The first-order valence-electron chi connectivity index (χ1n) is 10.3. The highest BCUT2D eigenvalue weighted by Gasteiger charge is 2.45. The molecule has 2 aromatic carbocycles. The fourth-order valence-corrected chi connectivity index (χ4v) is 4.95. The summed E-state index contributed by atoms with van der Waals surface area (Å²) in [5.41, 5.74) is 7.28. The van der Waals surface area contributed by atoms with Crippen molar-refractivity contribution in [3.05, 3.63) is 64.1 Å². The van der Waals surface area contributed by atoms with Crippen LogP contribution in [-0.2, 0) is 0 Å². The number of fused-ring (bicyclic) bond motifs is 1. The smallest absolute Gasteiger partial charge is 0.161 e. The minimum Gasteiger partial charge on any atom is -0.493 e. The maximum absolute atomic E-state index is 5.59. The molecule has 4 rings (SSSR count). The number of hydrogen-bond donors (Lipinski definition) is 2. The molecule has 3 atom stereocenters. The van der Waals surface area contributed by atoms with E-state index in [1.165, 1.54) is 11.1 Å².